The molecule has 0 atom stereocenters. The van der Waals surface area contributed by atoms with Gasteiger partial charge in [0.1, 0.15) is 17.3 Å². The van der Waals surface area contributed by atoms with Crippen molar-refractivity contribution in [2.24, 2.45) is 0 Å². The Balaban J connectivity index is 1.81. The third kappa shape index (κ3) is 3.95. The molecule has 132 valence electrons. The molecule has 0 saturated heterocycles. The Morgan fingerprint density at radius 2 is 1.88 bits per heavy atom. The number of nitrogens with two attached hydrogens (primary N) is 1. The van der Waals surface area contributed by atoms with E-state index >= 15 is 0 Å². The van der Waals surface area contributed by atoms with Gasteiger partial charge in [0, 0.05) is 17.4 Å². The summed E-state index contributed by atoms with van der Waals surface area (Å²) in [5, 5.41) is 3.34. The van der Waals surface area contributed by atoms with Gasteiger partial charge >= 0.3 is 0 Å². The highest BCUT2D eigenvalue weighted by Gasteiger charge is 2.15. The van der Waals surface area contributed by atoms with Crippen molar-refractivity contribution in [3.05, 3.63) is 76.4 Å². The van der Waals surface area contributed by atoms with Crippen LogP contribution in [0.4, 0.5) is 11.5 Å². The van der Waals surface area contributed by atoms with E-state index in [1.165, 1.54) is 0 Å². The summed E-state index contributed by atoms with van der Waals surface area (Å²) in [6.45, 7) is 3.66. The van der Waals surface area contributed by atoms with Crippen LogP contribution >= 0.6 is 11.6 Å². The van der Waals surface area contributed by atoms with Crippen molar-refractivity contribution in [1.82, 2.24) is 4.98 Å². The molecule has 2 aromatic carbocycles. The Morgan fingerprint density at radius 3 is 2.62 bits per heavy atom. The fraction of sp³-hybridized carbons (Fsp3) is 0.100. The minimum Gasteiger partial charge on any atom is -0.456 e. The Bertz CT molecular complexity index is 950. The highest BCUT2D eigenvalue weighted by Crippen LogP contribution is 2.30. The second kappa shape index (κ2) is 7.45. The standard InChI is InChI=1S/C20H18ClN3O2/c1-12-10-13(2)23-19(22)18(12)20(25)24-14-6-5-7-15(11-14)26-17-9-4-3-8-16(17)21/h3-11H,1-2H3,(H2,22,23)(H,24,25). The molecule has 1 aromatic heterocycles. The Labute approximate surface area is 156 Å². The number of carbonyl (C=O) groups excluding carboxylic acids is 1. The molecule has 1 heterocycles. The van der Waals surface area contributed by atoms with E-state index in [1.807, 2.05) is 32.0 Å². The van der Waals surface area contributed by atoms with Crippen molar-refractivity contribution >= 4 is 29.0 Å². The van der Waals surface area contributed by atoms with Crippen LogP contribution in [0.5, 0.6) is 11.5 Å². The number of benzene rings is 2. The topological polar surface area (TPSA) is 77.2 Å². The summed E-state index contributed by atoms with van der Waals surface area (Å²) in [7, 11) is 0. The van der Waals surface area contributed by atoms with E-state index in [4.69, 9.17) is 22.1 Å². The van der Waals surface area contributed by atoms with Crippen LogP contribution in [0.3, 0.4) is 0 Å². The molecule has 6 heteroatoms. The smallest absolute Gasteiger partial charge is 0.259 e. The molecule has 0 aliphatic heterocycles. The fourth-order valence-electron chi connectivity index (χ4n) is 2.65. The quantitative estimate of drug-likeness (QED) is 0.681. The van der Waals surface area contributed by atoms with Crippen LogP contribution in [0, 0.1) is 13.8 Å². The molecule has 0 spiro atoms. The van der Waals surface area contributed by atoms with Gasteiger partial charge in [-0.3, -0.25) is 4.79 Å². The summed E-state index contributed by atoms with van der Waals surface area (Å²) in [6, 6.07) is 16.1. The van der Waals surface area contributed by atoms with Crippen molar-refractivity contribution in [3.63, 3.8) is 0 Å². The molecule has 1 amide bonds. The molecule has 0 radical (unpaired) electrons. The molecule has 5 nitrogen and oxygen atoms in total. The fourth-order valence-corrected chi connectivity index (χ4v) is 2.82. The summed E-state index contributed by atoms with van der Waals surface area (Å²) in [5.74, 6) is 0.994. The third-order valence-corrected chi connectivity index (χ3v) is 4.07. The summed E-state index contributed by atoms with van der Waals surface area (Å²) in [5.41, 5.74) is 8.41. The molecule has 0 bridgehead atoms. The molecule has 0 unspecified atom stereocenters. The van der Waals surface area contributed by atoms with Crippen LogP contribution in [0.1, 0.15) is 21.6 Å². The first-order valence-corrected chi connectivity index (χ1v) is 8.39. The first-order valence-electron chi connectivity index (χ1n) is 8.01. The van der Waals surface area contributed by atoms with Crippen molar-refractivity contribution in [2.75, 3.05) is 11.1 Å². The van der Waals surface area contributed by atoms with Crippen molar-refractivity contribution in [3.8, 4) is 11.5 Å². The number of ether oxygens (including phenoxy) is 1. The van der Waals surface area contributed by atoms with Crippen LogP contribution < -0.4 is 15.8 Å². The number of hydrogen-bond donors (Lipinski definition) is 2. The largest absolute Gasteiger partial charge is 0.456 e. The van der Waals surface area contributed by atoms with Crippen LogP contribution in [-0.4, -0.2) is 10.9 Å². The third-order valence-electron chi connectivity index (χ3n) is 3.76. The van der Waals surface area contributed by atoms with Crippen molar-refractivity contribution in [2.45, 2.75) is 13.8 Å². The lowest BCUT2D eigenvalue weighted by Crippen LogP contribution is -2.17. The van der Waals surface area contributed by atoms with Crippen LogP contribution in [0.2, 0.25) is 5.02 Å². The normalized spacial score (nSPS) is 10.4. The molecule has 3 N–H and O–H groups in total. The number of rotatable bonds is 4. The molecule has 0 saturated carbocycles. The van der Waals surface area contributed by atoms with E-state index in [2.05, 4.69) is 10.3 Å². The molecular formula is C20H18ClN3O2. The second-order valence-corrected chi connectivity index (χ2v) is 6.26. The zero-order chi connectivity index (χ0) is 18.7. The number of anilines is 2. The number of aryl methyl sites for hydroxylation is 2. The second-order valence-electron chi connectivity index (χ2n) is 5.86. The molecular weight excluding hydrogens is 350 g/mol. The van der Waals surface area contributed by atoms with Gasteiger partial charge in [-0.05, 0) is 49.7 Å². The lowest BCUT2D eigenvalue weighted by atomic mass is 10.1. The minimum atomic E-state index is -0.317. The van der Waals surface area contributed by atoms with Crippen LogP contribution in [0.15, 0.2) is 54.6 Å². The summed E-state index contributed by atoms with van der Waals surface area (Å²) < 4.78 is 5.78. The van der Waals surface area contributed by atoms with Gasteiger partial charge < -0.3 is 15.8 Å². The maximum absolute atomic E-state index is 12.6. The van der Waals surface area contributed by atoms with Crippen LogP contribution in [0.25, 0.3) is 0 Å². The summed E-state index contributed by atoms with van der Waals surface area (Å²) in [6.07, 6.45) is 0. The number of carbonyl (C=O) groups is 1. The van der Waals surface area contributed by atoms with E-state index in [0.717, 1.165) is 11.3 Å². The number of nitrogens with one attached hydrogen (secondary N) is 1. The first-order chi connectivity index (χ1) is 12.4. The first kappa shape index (κ1) is 17.8. The lowest BCUT2D eigenvalue weighted by Gasteiger charge is -2.12. The predicted molar refractivity (Wildman–Crippen MR) is 104 cm³/mol. The summed E-state index contributed by atoms with van der Waals surface area (Å²) >= 11 is 6.11. The molecule has 26 heavy (non-hydrogen) atoms. The number of aromatic nitrogens is 1. The zero-order valence-electron chi connectivity index (χ0n) is 14.4. The van der Waals surface area contributed by atoms with E-state index in [-0.39, 0.29) is 11.7 Å². The Kier molecular flexibility index (Phi) is 5.09. The molecule has 0 aliphatic rings. The lowest BCUT2D eigenvalue weighted by molar-refractivity contribution is 0.102. The minimum absolute atomic E-state index is 0.212. The number of hydrogen-bond acceptors (Lipinski definition) is 4. The average molecular weight is 368 g/mol. The summed E-state index contributed by atoms with van der Waals surface area (Å²) in [4.78, 5) is 16.8. The SMILES string of the molecule is Cc1cc(C)c(C(=O)Nc2cccc(Oc3ccccc3Cl)c2)c(N)n1. The number of para-hydroxylation sites is 1. The van der Waals surface area contributed by atoms with Gasteiger partial charge in [-0.1, -0.05) is 29.8 Å². The van der Waals surface area contributed by atoms with Gasteiger partial charge in [-0.2, -0.15) is 0 Å². The van der Waals surface area contributed by atoms with E-state index < -0.39 is 0 Å². The van der Waals surface area contributed by atoms with E-state index in [9.17, 15) is 4.79 Å². The van der Waals surface area contributed by atoms with Gasteiger partial charge in [0.25, 0.3) is 5.91 Å². The zero-order valence-corrected chi connectivity index (χ0v) is 15.2. The molecule has 3 rings (SSSR count). The molecule has 0 fully saturated rings. The highest BCUT2D eigenvalue weighted by atomic mass is 35.5. The Hall–Kier alpha value is -3.05. The Morgan fingerprint density at radius 1 is 1.12 bits per heavy atom. The number of pyridine rings is 1. The highest BCUT2D eigenvalue weighted by molar-refractivity contribution is 6.32. The number of halogens is 1. The molecule has 0 aliphatic carbocycles. The van der Waals surface area contributed by atoms with E-state index in [0.29, 0.717) is 27.8 Å². The van der Waals surface area contributed by atoms with Crippen molar-refractivity contribution in [1.29, 1.82) is 0 Å². The predicted octanol–water partition coefficient (Wildman–Crippen LogP) is 4.98. The van der Waals surface area contributed by atoms with Gasteiger partial charge in [0.05, 0.1) is 10.6 Å². The number of nitrogen functional groups attached to an aromatic ring is 1. The van der Waals surface area contributed by atoms with Gasteiger partial charge in [0.2, 0.25) is 0 Å². The van der Waals surface area contributed by atoms with Gasteiger partial charge in [0.15, 0.2) is 0 Å². The van der Waals surface area contributed by atoms with Crippen LogP contribution in [-0.2, 0) is 0 Å². The molecule has 3 aromatic rings. The van der Waals surface area contributed by atoms with E-state index in [1.54, 1.807) is 36.4 Å². The average Bonchev–Trinajstić information content (AvgIpc) is 2.56. The van der Waals surface area contributed by atoms with Gasteiger partial charge in [-0.15, -0.1) is 0 Å². The maximum atomic E-state index is 12.6. The number of nitrogens with zero attached hydrogens (tertiary/aromatic N) is 1. The number of amides is 1. The monoisotopic (exact) mass is 367 g/mol. The van der Waals surface area contributed by atoms with Crippen molar-refractivity contribution < 1.29 is 9.53 Å². The van der Waals surface area contributed by atoms with Gasteiger partial charge in [-0.25, -0.2) is 4.98 Å². The maximum Gasteiger partial charge on any atom is 0.259 e.